The minimum atomic E-state index is -1.98. The van der Waals surface area contributed by atoms with E-state index < -0.39 is 23.4 Å². The molecule has 0 unspecified atom stereocenters. The van der Waals surface area contributed by atoms with Gasteiger partial charge in [0, 0.05) is 6.42 Å². The van der Waals surface area contributed by atoms with Crippen LogP contribution in [0.4, 0.5) is 4.79 Å². The molecule has 1 heterocycles. The van der Waals surface area contributed by atoms with Gasteiger partial charge in [-0.25, -0.2) is 4.79 Å². The number of imide groups is 2. The van der Waals surface area contributed by atoms with Gasteiger partial charge in [0.25, 0.3) is 11.8 Å². The monoisotopic (exact) mass is 265 g/mol. The highest BCUT2D eigenvalue weighted by Gasteiger charge is 2.50. The van der Waals surface area contributed by atoms with Crippen LogP contribution in [-0.4, -0.2) is 33.7 Å². The first-order valence-corrected chi connectivity index (χ1v) is 5.34. The molecule has 0 aromatic heterocycles. The molecule has 0 spiro atoms. The summed E-state index contributed by atoms with van der Waals surface area (Å²) >= 11 is 0. The standard InChI is InChI=1S/C11H11N3O5/c15-7-3-1-6(2-4-7)5-11(14-19)8(16)12-10(18)13-9(11)17/h1-4,14-15,19H,5H2,(H2,12,13,16,17,18). The van der Waals surface area contributed by atoms with Crippen LogP contribution >= 0.6 is 0 Å². The number of urea groups is 1. The lowest BCUT2D eigenvalue weighted by Crippen LogP contribution is -2.72. The molecule has 0 radical (unpaired) electrons. The Labute approximate surface area is 107 Å². The number of phenols is 1. The molecule has 2 rings (SSSR count). The van der Waals surface area contributed by atoms with E-state index in [-0.39, 0.29) is 12.2 Å². The Morgan fingerprint density at radius 2 is 1.58 bits per heavy atom. The molecule has 1 aromatic rings. The molecule has 4 amide bonds. The number of carbonyl (C=O) groups is 3. The number of nitrogens with one attached hydrogen (secondary N) is 3. The van der Waals surface area contributed by atoms with Crippen molar-refractivity contribution in [1.29, 1.82) is 0 Å². The molecule has 19 heavy (non-hydrogen) atoms. The van der Waals surface area contributed by atoms with Crippen LogP contribution in [0.1, 0.15) is 5.56 Å². The van der Waals surface area contributed by atoms with Crippen LogP contribution in [0.5, 0.6) is 5.75 Å². The van der Waals surface area contributed by atoms with E-state index in [0.29, 0.717) is 5.56 Å². The lowest BCUT2D eigenvalue weighted by Gasteiger charge is -2.32. The van der Waals surface area contributed by atoms with Gasteiger partial charge >= 0.3 is 6.03 Å². The van der Waals surface area contributed by atoms with Gasteiger partial charge in [-0.15, -0.1) is 0 Å². The number of hydroxylamine groups is 1. The van der Waals surface area contributed by atoms with Crippen molar-refractivity contribution in [2.75, 3.05) is 0 Å². The molecule has 1 fully saturated rings. The van der Waals surface area contributed by atoms with Crippen molar-refractivity contribution < 1.29 is 24.7 Å². The van der Waals surface area contributed by atoms with Gasteiger partial charge in [-0.05, 0) is 17.7 Å². The second-order valence-electron chi connectivity index (χ2n) is 4.10. The van der Waals surface area contributed by atoms with Crippen molar-refractivity contribution in [3.05, 3.63) is 29.8 Å². The number of hydrogen-bond donors (Lipinski definition) is 5. The summed E-state index contributed by atoms with van der Waals surface area (Å²) in [4.78, 5) is 34.5. The van der Waals surface area contributed by atoms with Crippen LogP contribution in [0.2, 0.25) is 0 Å². The molecule has 0 bridgehead atoms. The van der Waals surface area contributed by atoms with Crippen LogP contribution in [0.3, 0.4) is 0 Å². The Bertz CT molecular complexity index is 520. The molecule has 1 aliphatic heterocycles. The number of carbonyl (C=O) groups excluding carboxylic acids is 3. The Kier molecular flexibility index (Phi) is 3.19. The second-order valence-corrected chi connectivity index (χ2v) is 4.10. The average Bonchev–Trinajstić information content (AvgIpc) is 2.36. The molecule has 8 nitrogen and oxygen atoms in total. The van der Waals surface area contributed by atoms with Gasteiger partial charge in [0.2, 0.25) is 5.54 Å². The van der Waals surface area contributed by atoms with Crippen LogP contribution < -0.4 is 16.1 Å². The van der Waals surface area contributed by atoms with Gasteiger partial charge in [0.15, 0.2) is 0 Å². The number of phenolic OH excluding ortho intramolecular Hbond substituents is 1. The molecule has 1 aliphatic rings. The fraction of sp³-hybridized carbons (Fsp3) is 0.182. The lowest BCUT2D eigenvalue weighted by molar-refractivity contribution is -0.145. The Balaban J connectivity index is 2.32. The summed E-state index contributed by atoms with van der Waals surface area (Å²) in [5.74, 6) is -1.86. The number of rotatable bonds is 3. The minimum absolute atomic E-state index is 0.0301. The molecular weight excluding hydrogens is 254 g/mol. The van der Waals surface area contributed by atoms with E-state index in [1.807, 2.05) is 10.6 Å². The molecule has 0 saturated carbocycles. The second kappa shape index (κ2) is 4.67. The maximum atomic E-state index is 11.8. The number of aromatic hydroxyl groups is 1. The van der Waals surface area contributed by atoms with Crippen molar-refractivity contribution in [3.63, 3.8) is 0 Å². The smallest absolute Gasteiger partial charge is 0.328 e. The molecule has 100 valence electrons. The zero-order valence-corrected chi connectivity index (χ0v) is 9.64. The number of hydrogen-bond acceptors (Lipinski definition) is 6. The number of benzene rings is 1. The van der Waals surface area contributed by atoms with E-state index >= 15 is 0 Å². The van der Waals surface area contributed by atoms with Crippen molar-refractivity contribution in [2.24, 2.45) is 0 Å². The Hall–Kier alpha value is -2.45. The molecule has 1 aromatic carbocycles. The first kappa shape index (κ1) is 13.0. The number of amides is 4. The molecule has 0 atom stereocenters. The highest BCUT2D eigenvalue weighted by atomic mass is 16.5. The molecular formula is C11H11N3O5. The van der Waals surface area contributed by atoms with Crippen LogP contribution in [0.25, 0.3) is 0 Å². The van der Waals surface area contributed by atoms with Crippen LogP contribution in [0, 0.1) is 0 Å². The van der Waals surface area contributed by atoms with E-state index in [1.54, 1.807) is 5.48 Å². The van der Waals surface area contributed by atoms with E-state index in [2.05, 4.69) is 0 Å². The van der Waals surface area contributed by atoms with Crippen molar-refractivity contribution in [2.45, 2.75) is 12.0 Å². The van der Waals surface area contributed by atoms with Gasteiger partial charge in [0.05, 0.1) is 0 Å². The summed E-state index contributed by atoms with van der Waals surface area (Å²) in [6.07, 6.45) is -0.186. The third kappa shape index (κ3) is 2.26. The predicted octanol–water partition coefficient (Wildman–Crippen LogP) is -0.982. The highest BCUT2D eigenvalue weighted by Crippen LogP contribution is 2.18. The van der Waals surface area contributed by atoms with E-state index in [9.17, 15) is 14.4 Å². The van der Waals surface area contributed by atoms with Crippen LogP contribution in [0.15, 0.2) is 24.3 Å². The zero-order chi connectivity index (χ0) is 14.0. The predicted molar refractivity (Wildman–Crippen MR) is 61.1 cm³/mol. The summed E-state index contributed by atoms with van der Waals surface area (Å²) in [7, 11) is 0. The molecule has 8 heteroatoms. The molecule has 5 N–H and O–H groups in total. The third-order valence-electron chi connectivity index (χ3n) is 2.83. The maximum Gasteiger partial charge on any atom is 0.328 e. The van der Waals surface area contributed by atoms with Gasteiger partial charge in [0.1, 0.15) is 5.75 Å². The summed E-state index contributed by atoms with van der Waals surface area (Å²) in [5, 5.41) is 22.1. The Morgan fingerprint density at radius 3 is 2.05 bits per heavy atom. The van der Waals surface area contributed by atoms with Gasteiger partial charge < -0.3 is 10.3 Å². The van der Waals surface area contributed by atoms with E-state index in [1.165, 1.54) is 24.3 Å². The highest BCUT2D eigenvalue weighted by molar-refractivity contribution is 6.22. The van der Waals surface area contributed by atoms with E-state index in [0.717, 1.165) is 0 Å². The largest absolute Gasteiger partial charge is 0.508 e. The molecule has 0 aliphatic carbocycles. The quantitative estimate of drug-likeness (QED) is 0.353. The fourth-order valence-corrected chi connectivity index (χ4v) is 1.78. The lowest BCUT2D eigenvalue weighted by atomic mass is 9.88. The SMILES string of the molecule is O=C1NC(=O)C(Cc2ccc(O)cc2)(NO)C(=O)N1. The maximum absolute atomic E-state index is 11.8. The van der Waals surface area contributed by atoms with Gasteiger partial charge in [-0.1, -0.05) is 12.1 Å². The summed E-state index contributed by atoms with van der Waals surface area (Å²) < 4.78 is 0. The first-order valence-electron chi connectivity index (χ1n) is 5.34. The molecule has 1 saturated heterocycles. The topological polar surface area (TPSA) is 128 Å². The zero-order valence-electron chi connectivity index (χ0n) is 9.64. The normalized spacial score (nSPS) is 17.8. The Morgan fingerprint density at radius 1 is 1.05 bits per heavy atom. The van der Waals surface area contributed by atoms with Crippen molar-refractivity contribution in [1.82, 2.24) is 16.1 Å². The van der Waals surface area contributed by atoms with E-state index in [4.69, 9.17) is 10.3 Å². The summed E-state index contributed by atoms with van der Waals surface area (Å²) in [6.45, 7) is 0. The first-order chi connectivity index (χ1) is 8.98. The average molecular weight is 265 g/mol. The van der Waals surface area contributed by atoms with Crippen molar-refractivity contribution in [3.8, 4) is 5.75 Å². The van der Waals surface area contributed by atoms with Crippen molar-refractivity contribution >= 4 is 17.8 Å². The van der Waals surface area contributed by atoms with Gasteiger partial charge in [-0.3, -0.25) is 20.2 Å². The van der Waals surface area contributed by atoms with Crippen LogP contribution in [-0.2, 0) is 16.0 Å². The number of barbiturate groups is 1. The minimum Gasteiger partial charge on any atom is -0.508 e. The third-order valence-corrected chi connectivity index (χ3v) is 2.83. The van der Waals surface area contributed by atoms with Gasteiger partial charge in [-0.2, -0.15) is 5.48 Å². The summed E-state index contributed by atoms with van der Waals surface area (Å²) in [6, 6.07) is 4.80. The summed E-state index contributed by atoms with van der Waals surface area (Å²) in [5.41, 5.74) is 0.194. The fourth-order valence-electron chi connectivity index (χ4n) is 1.78.